The van der Waals surface area contributed by atoms with Crippen LogP contribution >= 0.6 is 15.9 Å². The molecule has 0 bridgehead atoms. The SMILES string of the molecule is O=C(CNS(=O)(=O)c1ccc(Br)cc1)c1ccccc1F. The van der Waals surface area contributed by atoms with Crippen molar-refractivity contribution >= 4 is 31.7 Å². The average Bonchev–Trinajstić information content (AvgIpc) is 2.46. The second-order valence-corrected chi connectivity index (χ2v) is 6.86. The Morgan fingerprint density at radius 1 is 1.10 bits per heavy atom. The van der Waals surface area contributed by atoms with Crippen LogP contribution in [-0.2, 0) is 10.0 Å². The lowest BCUT2D eigenvalue weighted by Crippen LogP contribution is -2.30. The fourth-order valence-electron chi connectivity index (χ4n) is 1.64. The second kappa shape index (κ2) is 6.46. The molecule has 0 spiro atoms. The number of rotatable bonds is 5. The Labute approximate surface area is 130 Å². The summed E-state index contributed by atoms with van der Waals surface area (Å²) in [5.74, 6) is -1.31. The first-order chi connectivity index (χ1) is 9.90. The number of sulfonamides is 1. The number of carbonyl (C=O) groups excluding carboxylic acids is 1. The molecule has 0 amide bonds. The molecule has 2 rings (SSSR count). The highest BCUT2D eigenvalue weighted by Crippen LogP contribution is 2.14. The molecule has 110 valence electrons. The molecule has 0 aliphatic carbocycles. The van der Waals surface area contributed by atoms with Crippen molar-refractivity contribution < 1.29 is 17.6 Å². The Kier molecular flexibility index (Phi) is 4.87. The second-order valence-electron chi connectivity index (χ2n) is 4.18. The number of hydrogen-bond acceptors (Lipinski definition) is 3. The van der Waals surface area contributed by atoms with E-state index >= 15 is 0 Å². The molecule has 0 fully saturated rings. The molecule has 0 heterocycles. The number of nitrogens with one attached hydrogen (secondary N) is 1. The monoisotopic (exact) mass is 371 g/mol. The Morgan fingerprint density at radius 2 is 1.71 bits per heavy atom. The molecule has 0 atom stereocenters. The smallest absolute Gasteiger partial charge is 0.240 e. The predicted molar refractivity (Wildman–Crippen MR) is 80.1 cm³/mol. The maximum atomic E-state index is 13.4. The molecule has 0 aliphatic heterocycles. The van der Waals surface area contributed by atoms with Crippen LogP contribution in [0.3, 0.4) is 0 Å². The van der Waals surface area contributed by atoms with Gasteiger partial charge >= 0.3 is 0 Å². The van der Waals surface area contributed by atoms with Gasteiger partial charge in [-0.15, -0.1) is 0 Å². The van der Waals surface area contributed by atoms with Crippen LogP contribution < -0.4 is 4.72 Å². The van der Waals surface area contributed by atoms with Gasteiger partial charge < -0.3 is 0 Å². The minimum absolute atomic E-state index is 0.0343. The van der Waals surface area contributed by atoms with Gasteiger partial charge in [0.1, 0.15) is 5.82 Å². The Hall–Kier alpha value is -1.57. The average molecular weight is 372 g/mol. The molecule has 0 saturated carbocycles. The fourth-order valence-corrected chi connectivity index (χ4v) is 2.89. The van der Waals surface area contributed by atoms with E-state index in [0.29, 0.717) is 0 Å². The van der Waals surface area contributed by atoms with Crippen molar-refractivity contribution in [3.8, 4) is 0 Å². The fraction of sp³-hybridized carbons (Fsp3) is 0.0714. The normalized spacial score (nSPS) is 11.3. The van der Waals surface area contributed by atoms with Crippen LogP contribution in [0.25, 0.3) is 0 Å². The highest BCUT2D eigenvalue weighted by molar-refractivity contribution is 9.10. The summed E-state index contributed by atoms with van der Waals surface area (Å²) in [7, 11) is -3.81. The molecule has 0 aliphatic rings. The lowest BCUT2D eigenvalue weighted by atomic mass is 10.1. The third-order valence-electron chi connectivity index (χ3n) is 2.72. The maximum Gasteiger partial charge on any atom is 0.240 e. The molecule has 0 aromatic heterocycles. The Bertz CT molecular complexity index is 760. The number of hydrogen-bond donors (Lipinski definition) is 1. The lowest BCUT2D eigenvalue weighted by Gasteiger charge is -2.07. The van der Waals surface area contributed by atoms with E-state index in [1.807, 2.05) is 0 Å². The molecule has 0 saturated heterocycles. The quantitative estimate of drug-likeness (QED) is 0.821. The highest BCUT2D eigenvalue weighted by Gasteiger charge is 2.17. The van der Waals surface area contributed by atoms with Gasteiger partial charge in [0.05, 0.1) is 17.0 Å². The number of carbonyl (C=O) groups is 1. The first-order valence-corrected chi connectivity index (χ1v) is 8.21. The van der Waals surface area contributed by atoms with Crippen molar-refractivity contribution in [2.75, 3.05) is 6.54 Å². The van der Waals surface area contributed by atoms with Crippen molar-refractivity contribution in [2.45, 2.75) is 4.90 Å². The van der Waals surface area contributed by atoms with E-state index in [-0.39, 0.29) is 10.5 Å². The number of ketones is 1. The first-order valence-electron chi connectivity index (χ1n) is 5.93. The van der Waals surface area contributed by atoms with Gasteiger partial charge in [0.25, 0.3) is 0 Å². The van der Waals surface area contributed by atoms with Gasteiger partial charge in [0.2, 0.25) is 10.0 Å². The van der Waals surface area contributed by atoms with Crippen molar-refractivity contribution in [2.24, 2.45) is 0 Å². The molecule has 7 heteroatoms. The molecule has 21 heavy (non-hydrogen) atoms. The predicted octanol–water partition coefficient (Wildman–Crippen LogP) is 2.75. The van der Waals surface area contributed by atoms with Crippen molar-refractivity contribution in [3.05, 3.63) is 64.4 Å². The zero-order valence-electron chi connectivity index (χ0n) is 10.7. The van der Waals surface area contributed by atoms with Crippen LogP contribution in [0.4, 0.5) is 4.39 Å². The van der Waals surface area contributed by atoms with E-state index in [9.17, 15) is 17.6 Å². The van der Waals surface area contributed by atoms with Crippen LogP contribution in [0.2, 0.25) is 0 Å². The highest BCUT2D eigenvalue weighted by atomic mass is 79.9. The van der Waals surface area contributed by atoms with E-state index in [0.717, 1.165) is 10.5 Å². The third kappa shape index (κ3) is 3.96. The van der Waals surface area contributed by atoms with Gasteiger partial charge in [-0.2, -0.15) is 0 Å². The van der Waals surface area contributed by atoms with Crippen LogP contribution in [0.5, 0.6) is 0 Å². The number of halogens is 2. The van der Waals surface area contributed by atoms with Crippen molar-refractivity contribution in [1.82, 2.24) is 4.72 Å². The largest absolute Gasteiger partial charge is 0.293 e. The molecule has 0 radical (unpaired) electrons. The summed E-state index contributed by atoms with van der Waals surface area (Å²) in [6, 6.07) is 11.4. The van der Waals surface area contributed by atoms with E-state index in [1.165, 1.54) is 30.3 Å². The van der Waals surface area contributed by atoms with Crippen molar-refractivity contribution in [1.29, 1.82) is 0 Å². The van der Waals surface area contributed by atoms with Gasteiger partial charge in [-0.3, -0.25) is 4.79 Å². The minimum atomic E-state index is -3.81. The van der Waals surface area contributed by atoms with Gasteiger partial charge in [-0.25, -0.2) is 17.5 Å². The molecular formula is C14H11BrFNO3S. The van der Waals surface area contributed by atoms with Gasteiger partial charge in [-0.05, 0) is 36.4 Å². The van der Waals surface area contributed by atoms with Gasteiger partial charge in [0.15, 0.2) is 5.78 Å². The molecule has 2 aromatic carbocycles. The third-order valence-corrected chi connectivity index (χ3v) is 4.67. The van der Waals surface area contributed by atoms with Crippen LogP contribution in [-0.4, -0.2) is 20.7 Å². The molecular weight excluding hydrogens is 361 g/mol. The summed E-state index contributed by atoms with van der Waals surface area (Å²) < 4.78 is 40.3. The van der Waals surface area contributed by atoms with E-state index in [2.05, 4.69) is 20.7 Å². The zero-order valence-corrected chi connectivity index (χ0v) is 13.1. The van der Waals surface area contributed by atoms with Crippen LogP contribution in [0, 0.1) is 5.82 Å². The summed E-state index contributed by atoms with van der Waals surface area (Å²) in [4.78, 5) is 11.9. The summed E-state index contributed by atoms with van der Waals surface area (Å²) >= 11 is 3.20. The van der Waals surface area contributed by atoms with E-state index < -0.39 is 28.2 Å². The minimum Gasteiger partial charge on any atom is -0.293 e. The number of Topliss-reactive ketones (excluding diaryl/α,β-unsaturated/α-hetero) is 1. The maximum absolute atomic E-state index is 13.4. The first kappa shape index (κ1) is 15.8. The molecule has 0 unspecified atom stereocenters. The van der Waals surface area contributed by atoms with Crippen LogP contribution in [0.15, 0.2) is 57.9 Å². The Balaban J connectivity index is 2.10. The van der Waals surface area contributed by atoms with Gasteiger partial charge in [-0.1, -0.05) is 28.1 Å². The zero-order chi connectivity index (χ0) is 15.5. The van der Waals surface area contributed by atoms with Crippen LogP contribution in [0.1, 0.15) is 10.4 Å². The summed E-state index contributed by atoms with van der Waals surface area (Å²) in [6.07, 6.45) is 0. The summed E-state index contributed by atoms with van der Waals surface area (Å²) in [5, 5.41) is 0. The standard InChI is InChI=1S/C14H11BrFNO3S/c15-10-5-7-11(8-6-10)21(19,20)17-9-14(18)12-3-1-2-4-13(12)16/h1-8,17H,9H2. The number of benzene rings is 2. The summed E-state index contributed by atoms with van der Waals surface area (Å²) in [6.45, 7) is -0.501. The van der Waals surface area contributed by atoms with Gasteiger partial charge in [0, 0.05) is 4.47 Å². The Morgan fingerprint density at radius 3 is 2.33 bits per heavy atom. The molecule has 2 aromatic rings. The lowest BCUT2D eigenvalue weighted by molar-refractivity contribution is 0.0993. The molecule has 4 nitrogen and oxygen atoms in total. The topological polar surface area (TPSA) is 63.2 Å². The molecule has 1 N–H and O–H groups in total. The van der Waals surface area contributed by atoms with E-state index in [1.54, 1.807) is 12.1 Å². The van der Waals surface area contributed by atoms with Crippen molar-refractivity contribution in [3.63, 3.8) is 0 Å². The summed E-state index contributed by atoms with van der Waals surface area (Å²) in [5.41, 5.74) is -0.143. The van der Waals surface area contributed by atoms with E-state index in [4.69, 9.17) is 0 Å².